The van der Waals surface area contributed by atoms with Crippen molar-refractivity contribution < 1.29 is 9.59 Å². The molecule has 0 bridgehead atoms. The first-order valence-corrected chi connectivity index (χ1v) is 7.70. The number of amides is 3. The van der Waals surface area contributed by atoms with Gasteiger partial charge in [-0.1, -0.05) is 0 Å². The Bertz CT molecular complexity index is 554. The van der Waals surface area contributed by atoms with Gasteiger partial charge in [0.05, 0.1) is 17.8 Å². The molecule has 1 atom stereocenters. The van der Waals surface area contributed by atoms with E-state index in [9.17, 15) is 9.59 Å². The van der Waals surface area contributed by atoms with Crippen LogP contribution in [0.1, 0.15) is 19.3 Å². The SMILES string of the molecule is NC(=O)[C@H]1CCN(C(=O)Nc2ccc(N3CCCC3)nc2)C1. The molecule has 0 radical (unpaired) electrons. The number of rotatable bonds is 3. The van der Waals surface area contributed by atoms with Crippen LogP contribution in [0.25, 0.3) is 0 Å². The van der Waals surface area contributed by atoms with Gasteiger partial charge >= 0.3 is 6.03 Å². The van der Waals surface area contributed by atoms with Crippen LogP contribution in [-0.2, 0) is 4.79 Å². The van der Waals surface area contributed by atoms with E-state index in [0.717, 1.165) is 18.9 Å². The number of carbonyl (C=O) groups excluding carboxylic acids is 2. The molecule has 3 amide bonds. The monoisotopic (exact) mass is 303 g/mol. The standard InChI is InChI=1S/C15H21N5O2/c16-14(21)11-5-8-20(10-11)15(22)18-12-3-4-13(17-9-12)19-6-1-2-7-19/h3-4,9,11H,1-2,5-8,10H2,(H2,16,21)(H,18,22)/t11-/m0/s1. The topological polar surface area (TPSA) is 91.6 Å². The molecule has 7 nitrogen and oxygen atoms in total. The van der Waals surface area contributed by atoms with Crippen molar-refractivity contribution >= 4 is 23.4 Å². The molecule has 2 aliphatic rings. The second-order valence-electron chi connectivity index (χ2n) is 5.86. The van der Waals surface area contributed by atoms with Gasteiger partial charge < -0.3 is 20.9 Å². The van der Waals surface area contributed by atoms with Crippen LogP contribution in [0.2, 0.25) is 0 Å². The summed E-state index contributed by atoms with van der Waals surface area (Å²) in [5.74, 6) is 0.374. The molecule has 1 aromatic rings. The summed E-state index contributed by atoms with van der Waals surface area (Å²) in [7, 11) is 0. The lowest BCUT2D eigenvalue weighted by Gasteiger charge is -2.18. The van der Waals surface area contributed by atoms with E-state index in [1.165, 1.54) is 12.8 Å². The highest BCUT2D eigenvalue weighted by Gasteiger charge is 2.29. The van der Waals surface area contributed by atoms with Crippen molar-refractivity contribution in [1.82, 2.24) is 9.88 Å². The Morgan fingerprint density at radius 1 is 1.23 bits per heavy atom. The van der Waals surface area contributed by atoms with E-state index in [0.29, 0.717) is 25.2 Å². The summed E-state index contributed by atoms with van der Waals surface area (Å²) in [5, 5.41) is 2.81. The Morgan fingerprint density at radius 3 is 2.59 bits per heavy atom. The van der Waals surface area contributed by atoms with Gasteiger partial charge in [0.1, 0.15) is 5.82 Å². The molecule has 3 N–H and O–H groups in total. The molecule has 22 heavy (non-hydrogen) atoms. The number of pyridine rings is 1. The number of anilines is 2. The van der Waals surface area contributed by atoms with Crippen molar-refractivity contribution in [2.45, 2.75) is 19.3 Å². The number of nitrogens with two attached hydrogens (primary N) is 1. The molecule has 0 aromatic carbocycles. The number of carbonyl (C=O) groups is 2. The van der Waals surface area contributed by atoms with Crippen LogP contribution in [0.4, 0.5) is 16.3 Å². The molecule has 3 rings (SSSR count). The highest BCUT2D eigenvalue weighted by molar-refractivity contribution is 5.90. The number of nitrogens with zero attached hydrogens (tertiary/aromatic N) is 3. The molecule has 118 valence electrons. The lowest BCUT2D eigenvalue weighted by Crippen LogP contribution is -2.34. The minimum Gasteiger partial charge on any atom is -0.369 e. The number of urea groups is 1. The van der Waals surface area contributed by atoms with Crippen LogP contribution in [0.3, 0.4) is 0 Å². The fraction of sp³-hybridized carbons (Fsp3) is 0.533. The van der Waals surface area contributed by atoms with Crippen molar-refractivity contribution in [3.63, 3.8) is 0 Å². The highest BCUT2D eigenvalue weighted by atomic mass is 16.2. The second kappa shape index (κ2) is 6.21. The quantitative estimate of drug-likeness (QED) is 0.872. The fourth-order valence-corrected chi connectivity index (χ4v) is 2.97. The van der Waals surface area contributed by atoms with E-state index in [1.807, 2.05) is 12.1 Å². The lowest BCUT2D eigenvalue weighted by atomic mass is 10.1. The molecule has 0 aliphatic carbocycles. The first kappa shape index (κ1) is 14.6. The Hall–Kier alpha value is -2.31. The van der Waals surface area contributed by atoms with Gasteiger partial charge in [0.15, 0.2) is 0 Å². The number of likely N-dealkylation sites (tertiary alicyclic amines) is 1. The Balaban J connectivity index is 1.56. The number of primary amides is 1. The van der Waals surface area contributed by atoms with Gasteiger partial charge in [0, 0.05) is 26.2 Å². The van der Waals surface area contributed by atoms with Crippen molar-refractivity contribution in [2.75, 3.05) is 36.4 Å². The van der Waals surface area contributed by atoms with E-state index < -0.39 is 0 Å². The Kier molecular flexibility index (Phi) is 4.13. The van der Waals surface area contributed by atoms with Crippen molar-refractivity contribution in [3.05, 3.63) is 18.3 Å². The molecule has 0 unspecified atom stereocenters. The molecule has 2 saturated heterocycles. The maximum Gasteiger partial charge on any atom is 0.321 e. The van der Waals surface area contributed by atoms with Gasteiger partial charge in [-0.2, -0.15) is 0 Å². The number of nitrogens with one attached hydrogen (secondary N) is 1. The zero-order valence-electron chi connectivity index (χ0n) is 12.5. The predicted molar refractivity (Wildman–Crippen MR) is 83.6 cm³/mol. The maximum atomic E-state index is 12.1. The first-order chi connectivity index (χ1) is 10.6. The third-order valence-electron chi connectivity index (χ3n) is 4.31. The van der Waals surface area contributed by atoms with Gasteiger partial charge in [-0.15, -0.1) is 0 Å². The van der Waals surface area contributed by atoms with E-state index in [4.69, 9.17) is 5.73 Å². The summed E-state index contributed by atoms with van der Waals surface area (Å²) in [6, 6.07) is 3.58. The minimum absolute atomic E-state index is 0.209. The molecule has 7 heteroatoms. The van der Waals surface area contributed by atoms with E-state index in [2.05, 4.69) is 15.2 Å². The first-order valence-electron chi connectivity index (χ1n) is 7.70. The van der Waals surface area contributed by atoms with Gasteiger partial charge in [-0.25, -0.2) is 9.78 Å². The van der Waals surface area contributed by atoms with Crippen LogP contribution in [0.5, 0.6) is 0 Å². The van der Waals surface area contributed by atoms with Gasteiger partial charge in [0.2, 0.25) is 5.91 Å². The van der Waals surface area contributed by atoms with Gasteiger partial charge in [-0.3, -0.25) is 4.79 Å². The summed E-state index contributed by atoms with van der Waals surface area (Å²) in [6.07, 6.45) is 4.72. The van der Waals surface area contributed by atoms with Gasteiger partial charge in [0.25, 0.3) is 0 Å². The van der Waals surface area contributed by atoms with Crippen LogP contribution < -0.4 is 16.0 Å². The predicted octanol–water partition coefficient (Wildman–Crippen LogP) is 1.02. The number of aromatic nitrogens is 1. The van der Waals surface area contributed by atoms with Crippen LogP contribution in [0.15, 0.2) is 18.3 Å². The smallest absolute Gasteiger partial charge is 0.321 e. The molecule has 3 heterocycles. The zero-order chi connectivity index (χ0) is 15.5. The van der Waals surface area contributed by atoms with E-state index >= 15 is 0 Å². The normalized spacial score (nSPS) is 21.2. The molecule has 2 fully saturated rings. The summed E-state index contributed by atoms with van der Waals surface area (Å²) in [5.41, 5.74) is 5.94. The molecule has 2 aliphatic heterocycles. The molecule has 0 saturated carbocycles. The zero-order valence-corrected chi connectivity index (χ0v) is 12.5. The number of hydrogen-bond acceptors (Lipinski definition) is 4. The summed E-state index contributed by atoms with van der Waals surface area (Å²) >= 11 is 0. The molecular weight excluding hydrogens is 282 g/mol. The third-order valence-corrected chi connectivity index (χ3v) is 4.31. The third kappa shape index (κ3) is 3.13. The van der Waals surface area contributed by atoms with Crippen LogP contribution in [0, 0.1) is 5.92 Å². The second-order valence-corrected chi connectivity index (χ2v) is 5.86. The van der Waals surface area contributed by atoms with Gasteiger partial charge in [-0.05, 0) is 31.4 Å². The Morgan fingerprint density at radius 2 is 2.00 bits per heavy atom. The summed E-state index contributed by atoms with van der Waals surface area (Å²) in [6.45, 7) is 3.03. The Labute approximate surface area is 129 Å². The summed E-state index contributed by atoms with van der Waals surface area (Å²) in [4.78, 5) is 31.5. The van der Waals surface area contributed by atoms with Crippen molar-refractivity contribution in [1.29, 1.82) is 0 Å². The van der Waals surface area contributed by atoms with Crippen LogP contribution in [-0.4, -0.2) is 48.0 Å². The van der Waals surface area contributed by atoms with Crippen molar-refractivity contribution in [3.8, 4) is 0 Å². The highest BCUT2D eigenvalue weighted by Crippen LogP contribution is 2.20. The molecule has 0 spiro atoms. The van der Waals surface area contributed by atoms with Crippen molar-refractivity contribution in [2.24, 2.45) is 11.7 Å². The average Bonchev–Trinajstić information content (AvgIpc) is 3.20. The molecular formula is C15H21N5O2. The lowest BCUT2D eigenvalue weighted by molar-refractivity contribution is -0.121. The molecule has 1 aromatic heterocycles. The van der Waals surface area contributed by atoms with E-state index in [1.54, 1.807) is 11.1 Å². The number of hydrogen-bond donors (Lipinski definition) is 2. The maximum absolute atomic E-state index is 12.1. The van der Waals surface area contributed by atoms with Crippen LogP contribution >= 0.6 is 0 Å². The largest absolute Gasteiger partial charge is 0.369 e. The fourth-order valence-electron chi connectivity index (χ4n) is 2.97. The minimum atomic E-state index is -0.341. The van der Waals surface area contributed by atoms with E-state index in [-0.39, 0.29) is 17.9 Å². The average molecular weight is 303 g/mol. The summed E-state index contributed by atoms with van der Waals surface area (Å²) < 4.78 is 0.